The molecule has 0 aliphatic heterocycles. The second-order valence-corrected chi connectivity index (χ2v) is 8.00. The molecule has 2 aromatic carbocycles. The van der Waals surface area contributed by atoms with Crippen LogP contribution >= 0.6 is 15.9 Å². The number of likely N-dealkylation sites (N-methyl/N-ethyl adjacent to an activating group) is 1. The highest BCUT2D eigenvalue weighted by molar-refractivity contribution is 9.10. The average molecular weight is 413 g/mol. The van der Waals surface area contributed by atoms with Crippen molar-refractivity contribution in [2.75, 3.05) is 25.5 Å². The Labute approximate surface area is 149 Å². The highest BCUT2D eigenvalue weighted by atomic mass is 79.9. The zero-order valence-electron chi connectivity index (χ0n) is 12.9. The molecule has 6 nitrogen and oxygen atoms in total. The fourth-order valence-corrected chi connectivity index (χ4v) is 3.62. The van der Waals surface area contributed by atoms with Crippen molar-refractivity contribution in [3.8, 4) is 0 Å². The number of benzene rings is 2. The van der Waals surface area contributed by atoms with Gasteiger partial charge in [-0.1, -0.05) is 28.1 Å². The molecule has 128 valence electrons. The van der Waals surface area contributed by atoms with Crippen LogP contribution in [0.2, 0.25) is 0 Å². The van der Waals surface area contributed by atoms with Gasteiger partial charge < -0.3 is 10.4 Å². The largest absolute Gasteiger partial charge is 0.395 e. The molecule has 0 radical (unpaired) electrons. The standard InChI is InChI=1S/C16H17BrN2O4S/c1-19(8-9-20)24(22,23)15-7-2-4-12(10-15)16(21)18-14-6-3-5-13(17)11-14/h2-7,10-11,20H,8-9H2,1H3,(H,18,21). The number of hydrogen-bond acceptors (Lipinski definition) is 4. The number of hydrogen-bond donors (Lipinski definition) is 2. The molecule has 2 aromatic rings. The molecule has 0 aliphatic carbocycles. The number of nitrogens with one attached hydrogen (secondary N) is 1. The molecule has 0 aliphatic rings. The molecule has 2 rings (SSSR count). The molecule has 0 atom stereocenters. The van der Waals surface area contributed by atoms with Gasteiger partial charge in [0.25, 0.3) is 5.91 Å². The smallest absolute Gasteiger partial charge is 0.255 e. The molecule has 0 spiro atoms. The fourth-order valence-electron chi connectivity index (χ4n) is 2.01. The topological polar surface area (TPSA) is 86.7 Å². The van der Waals surface area contributed by atoms with Crippen LogP contribution in [0.4, 0.5) is 5.69 Å². The van der Waals surface area contributed by atoms with Gasteiger partial charge in [-0.15, -0.1) is 0 Å². The molecule has 0 fully saturated rings. The summed E-state index contributed by atoms with van der Waals surface area (Å²) in [5.74, 6) is -0.407. The van der Waals surface area contributed by atoms with Crippen molar-refractivity contribution in [1.82, 2.24) is 4.31 Å². The summed E-state index contributed by atoms with van der Waals surface area (Å²) in [5, 5.41) is 11.6. The van der Waals surface area contributed by atoms with E-state index in [4.69, 9.17) is 5.11 Å². The van der Waals surface area contributed by atoms with Gasteiger partial charge in [-0.3, -0.25) is 4.79 Å². The van der Waals surface area contributed by atoms with Crippen molar-refractivity contribution in [3.63, 3.8) is 0 Å². The van der Waals surface area contributed by atoms with E-state index >= 15 is 0 Å². The molecule has 24 heavy (non-hydrogen) atoms. The molecule has 0 saturated carbocycles. The molecular weight excluding hydrogens is 396 g/mol. The summed E-state index contributed by atoms with van der Waals surface area (Å²) in [6, 6.07) is 12.9. The van der Waals surface area contributed by atoms with Crippen LogP contribution < -0.4 is 5.32 Å². The second kappa shape index (κ2) is 7.89. The van der Waals surface area contributed by atoms with Gasteiger partial charge in [-0.25, -0.2) is 8.42 Å². The van der Waals surface area contributed by atoms with E-state index < -0.39 is 15.9 Å². The van der Waals surface area contributed by atoms with E-state index in [1.165, 1.54) is 25.2 Å². The fraction of sp³-hybridized carbons (Fsp3) is 0.188. The molecule has 0 bridgehead atoms. The third-order valence-electron chi connectivity index (χ3n) is 3.30. The van der Waals surface area contributed by atoms with Crippen LogP contribution in [0.15, 0.2) is 57.9 Å². The molecule has 0 saturated heterocycles. The van der Waals surface area contributed by atoms with Crippen LogP contribution in [0.1, 0.15) is 10.4 Å². The lowest BCUT2D eigenvalue weighted by Crippen LogP contribution is -2.29. The first-order chi connectivity index (χ1) is 11.3. The number of aliphatic hydroxyl groups excluding tert-OH is 1. The lowest BCUT2D eigenvalue weighted by molar-refractivity contribution is 0.102. The van der Waals surface area contributed by atoms with Gasteiger partial charge in [0, 0.05) is 29.3 Å². The van der Waals surface area contributed by atoms with Gasteiger partial charge in [0.15, 0.2) is 0 Å². The quantitative estimate of drug-likeness (QED) is 0.761. The molecule has 0 aromatic heterocycles. The number of anilines is 1. The Morgan fingerprint density at radius 3 is 2.58 bits per heavy atom. The van der Waals surface area contributed by atoms with Gasteiger partial charge in [0.05, 0.1) is 11.5 Å². The van der Waals surface area contributed by atoms with Crippen molar-refractivity contribution >= 4 is 37.5 Å². The van der Waals surface area contributed by atoms with Crippen molar-refractivity contribution in [1.29, 1.82) is 0 Å². The number of carbonyl (C=O) groups is 1. The Hall–Kier alpha value is -1.74. The molecular formula is C16H17BrN2O4S. The first kappa shape index (κ1) is 18.6. The van der Waals surface area contributed by atoms with Gasteiger partial charge in [-0.2, -0.15) is 4.31 Å². The van der Waals surface area contributed by atoms with Crippen LogP contribution in [-0.4, -0.2) is 43.9 Å². The highest BCUT2D eigenvalue weighted by Crippen LogP contribution is 2.19. The van der Waals surface area contributed by atoms with Crippen LogP contribution in [0.3, 0.4) is 0 Å². The molecule has 1 amide bonds. The van der Waals surface area contributed by atoms with E-state index in [0.29, 0.717) is 5.69 Å². The maximum Gasteiger partial charge on any atom is 0.255 e. The number of aliphatic hydroxyl groups is 1. The zero-order chi connectivity index (χ0) is 17.7. The zero-order valence-corrected chi connectivity index (χ0v) is 15.3. The SMILES string of the molecule is CN(CCO)S(=O)(=O)c1cccc(C(=O)Nc2cccc(Br)c2)c1. The Kier molecular flexibility index (Phi) is 6.11. The number of carbonyl (C=O) groups excluding carboxylic acids is 1. The molecule has 0 unspecified atom stereocenters. The summed E-state index contributed by atoms with van der Waals surface area (Å²) < 4.78 is 26.6. The highest BCUT2D eigenvalue weighted by Gasteiger charge is 2.21. The Bertz CT molecular complexity index is 839. The van der Waals surface area contributed by atoms with Crippen LogP contribution in [0, 0.1) is 0 Å². The van der Waals surface area contributed by atoms with Gasteiger partial charge in [0.2, 0.25) is 10.0 Å². The van der Waals surface area contributed by atoms with E-state index in [1.54, 1.807) is 24.3 Å². The van der Waals surface area contributed by atoms with Crippen LogP contribution in [0.5, 0.6) is 0 Å². The van der Waals surface area contributed by atoms with E-state index in [2.05, 4.69) is 21.2 Å². The second-order valence-electron chi connectivity index (χ2n) is 5.04. The summed E-state index contributed by atoms with van der Waals surface area (Å²) in [5.41, 5.74) is 0.827. The molecule has 8 heteroatoms. The minimum Gasteiger partial charge on any atom is -0.395 e. The van der Waals surface area contributed by atoms with Gasteiger partial charge >= 0.3 is 0 Å². The summed E-state index contributed by atoms with van der Waals surface area (Å²) in [6.07, 6.45) is 0. The van der Waals surface area contributed by atoms with E-state index in [1.807, 2.05) is 6.07 Å². The van der Waals surface area contributed by atoms with E-state index in [9.17, 15) is 13.2 Å². The lowest BCUT2D eigenvalue weighted by atomic mass is 10.2. The predicted molar refractivity (Wildman–Crippen MR) is 95.4 cm³/mol. The Morgan fingerprint density at radius 2 is 1.92 bits per heavy atom. The number of amides is 1. The van der Waals surface area contributed by atoms with Gasteiger partial charge in [-0.05, 0) is 36.4 Å². The lowest BCUT2D eigenvalue weighted by Gasteiger charge is -2.16. The number of nitrogens with zero attached hydrogens (tertiary/aromatic N) is 1. The van der Waals surface area contributed by atoms with Crippen LogP contribution in [0.25, 0.3) is 0 Å². The van der Waals surface area contributed by atoms with E-state index in [0.717, 1.165) is 8.78 Å². The van der Waals surface area contributed by atoms with Crippen LogP contribution in [-0.2, 0) is 10.0 Å². The summed E-state index contributed by atoms with van der Waals surface area (Å²) in [7, 11) is -2.38. The first-order valence-electron chi connectivity index (χ1n) is 7.09. The monoisotopic (exact) mass is 412 g/mol. The maximum absolute atomic E-state index is 12.4. The maximum atomic E-state index is 12.4. The van der Waals surface area contributed by atoms with Crippen molar-refractivity contribution in [2.45, 2.75) is 4.90 Å². The van der Waals surface area contributed by atoms with Crippen molar-refractivity contribution in [2.24, 2.45) is 0 Å². The summed E-state index contributed by atoms with van der Waals surface area (Å²) in [6.45, 7) is -0.296. The van der Waals surface area contributed by atoms with Crippen molar-refractivity contribution < 1.29 is 18.3 Å². The normalized spacial score (nSPS) is 11.5. The van der Waals surface area contributed by atoms with Gasteiger partial charge in [0.1, 0.15) is 0 Å². The number of halogens is 1. The molecule has 2 N–H and O–H groups in total. The first-order valence-corrected chi connectivity index (χ1v) is 9.32. The third kappa shape index (κ3) is 4.41. The minimum atomic E-state index is -3.75. The average Bonchev–Trinajstić information content (AvgIpc) is 2.55. The molecule has 0 heterocycles. The number of sulfonamides is 1. The Balaban J connectivity index is 2.25. The third-order valence-corrected chi connectivity index (χ3v) is 5.65. The summed E-state index contributed by atoms with van der Waals surface area (Å²) >= 11 is 3.32. The number of rotatable bonds is 6. The van der Waals surface area contributed by atoms with E-state index in [-0.39, 0.29) is 23.6 Å². The predicted octanol–water partition coefficient (Wildman–Crippen LogP) is 2.31. The summed E-state index contributed by atoms with van der Waals surface area (Å²) in [4.78, 5) is 12.3. The van der Waals surface area contributed by atoms with Crippen molar-refractivity contribution in [3.05, 3.63) is 58.6 Å². The Morgan fingerprint density at radius 1 is 1.21 bits per heavy atom. The minimum absolute atomic E-state index is 0.000317.